The Morgan fingerprint density at radius 2 is 1.73 bits per heavy atom. The summed E-state index contributed by atoms with van der Waals surface area (Å²) in [7, 11) is -2.91. The minimum atomic E-state index is -4.38. The molecule has 33 heavy (non-hydrogen) atoms. The molecular formula is C21H32N4O7S. The van der Waals surface area contributed by atoms with Crippen molar-refractivity contribution in [2.75, 3.05) is 24.9 Å². The van der Waals surface area contributed by atoms with Gasteiger partial charge in [-0.05, 0) is 51.3 Å². The highest BCUT2D eigenvalue weighted by molar-refractivity contribution is 7.87. The number of benzene rings is 1. The van der Waals surface area contributed by atoms with E-state index in [-0.39, 0.29) is 29.8 Å². The Morgan fingerprint density at radius 1 is 1.15 bits per heavy atom. The molecule has 1 aromatic carbocycles. The number of ether oxygens (including phenoxy) is 1. The predicted octanol–water partition coefficient (Wildman–Crippen LogP) is 1.32. The third-order valence-electron chi connectivity index (χ3n) is 5.04. The molecule has 3 amide bonds. The van der Waals surface area contributed by atoms with Crippen LogP contribution in [-0.2, 0) is 31.1 Å². The van der Waals surface area contributed by atoms with E-state index in [4.69, 9.17) is 9.29 Å². The van der Waals surface area contributed by atoms with E-state index in [9.17, 15) is 22.8 Å². The first-order valence-corrected chi connectivity index (χ1v) is 12.1. The van der Waals surface area contributed by atoms with Gasteiger partial charge in [0.2, 0.25) is 11.8 Å². The second-order valence-corrected chi connectivity index (χ2v) is 10.0. The summed E-state index contributed by atoms with van der Waals surface area (Å²) in [4.78, 5) is 38.9. The Balaban J connectivity index is 1.95. The standard InChI is InChI=1S/C21H32N4O7S/c1-21(2,3)32-20(28)25-11-9-15(10-12-25)18(26)23-17(19(27)22-4)13-14-5-7-16(8-6-14)24-33(29,30)31/h5-8,15,17,24H,9-13H2,1-4H3,(H,22,27)(H,23,26)(H,29,30,31). The molecular weight excluding hydrogens is 452 g/mol. The number of hydrogen-bond donors (Lipinski definition) is 4. The second kappa shape index (κ2) is 10.8. The zero-order chi connectivity index (χ0) is 24.8. The lowest BCUT2D eigenvalue weighted by atomic mass is 9.95. The molecule has 184 valence electrons. The zero-order valence-electron chi connectivity index (χ0n) is 19.3. The number of piperidine rings is 1. The van der Waals surface area contributed by atoms with E-state index < -0.39 is 28.0 Å². The van der Waals surface area contributed by atoms with Gasteiger partial charge in [-0.25, -0.2) is 4.79 Å². The number of carbonyl (C=O) groups excluding carboxylic acids is 3. The molecule has 0 aromatic heterocycles. The minimum absolute atomic E-state index is 0.165. The molecule has 4 N–H and O–H groups in total. The summed E-state index contributed by atoms with van der Waals surface area (Å²) < 4.78 is 37.9. The average Bonchev–Trinajstić information content (AvgIpc) is 2.71. The first kappa shape index (κ1) is 26.4. The van der Waals surface area contributed by atoms with E-state index in [0.717, 1.165) is 0 Å². The van der Waals surface area contributed by atoms with Crippen molar-refractivity contribution in [1.29, 1.82) is 0 Å². The number of likely N-dealkylation sites (N-methyl/N-ethyl adjacent to an activating group) is 1. The van der Waals surface area contributed by atoms with Crippen molar-refractivity contribution in [2.45, 2.75) is 51.7 Å². The number of hydrogen-bond acceptors (Lipinski definition) is 6. The number of likely N-dealkylation sites (tertiary alicyclic amines) is 1. The molecule has 2 rings (SSSR count). The summed E-state index contributed by atoms with van der Waals surface area (Å²) in [6.07, 6.45) is 0.703. The van der Waals surface area contributed by atoms with E-state index in [2.05, 4.69) is 10.6 Å². The number of carbonyl (C=O) groups is 3. The van der Waals surface area contributed by atoms with Crippen molar-refractivity contribution < 1.29 is 32.1 Å². The van der Waals surface area contributed by atoms with Crippen LogP contribution >= 0.6 is 0 Å². The molecule has 11 nitrogen and oxygen atoms in total. The number of nitrogens with zero attached hydrogens (tertiary/aromatic N) is 1. The summed E-state index contributed by atoms with van der Waals surface area (Å²) in [5, 5.41) is 5.32. The van der Waals surface area contributed by atoms with Gasteiger partial charge in [-0.3, -0.25) is 18.9 Å². The highest BCUT2D eigenvalue weighted by Crippen LogP contribution is 2.20. The van der Waals surface area contributed by atoms with Crippen LogP contribution in [0.3, 0.4) is 0 Å². The van der Waals surface area contributed by atoms with Crippen molar-refractivity contribution in [3.8, 4) is 0 Å². The molecule has 1 atom stereocenters. The molecule has 0 aliphatic carbocycles. The van der Waals surface area contributed by atoms with Gasteiger partial charge >= 0.3 is 16.4 Å². The molecule has 1 fully saturated rings. The van der Waals surface area contributed by atoms with Gasteiger partial charge in [0.05, 0.1) is 5.69 Å². The van der Waals surface area contributed by atoms with Gasteiger partial charge in [-0.15, -0.1) is 0 Å². The molecule has 0 saturated carbocycles. The van der Waals surface area contributed by atoms with Crippen molar-refractivity contribution in [2.24, 2.45) is 5.92 Å². The van der Waals surface area contributed by atoms with Gasteiger partial charge in [0, 0.05) is 32.5 Å². The number of nitrogens with one attached hydrogen (secondary N) is 3. The van der Waals surface area contributed by atoms with Crippen molar-refractivity contribution >= 4 is 33.9 Å². The molecule has 1 aromatic rings. The number of anilines is 1. The maximum absolute atomic E-state index is 12.8. The predicted molar refractivity (Wildman–Crippen MR) is 122 cm³/mol. The fourth-order valence-corrected chi connectivity index (χ4v) is 3.85. The molecule has 0 spiro atoms. The minimum Gasteiger partial charge on any atom is -0.444 e. The third kappa shape index (κ3) is 8.89. The Hall–Kier alpha value is -2.86. The van der Waals surface area contributed by atoms with Crippen molar-refractivity contribution in [1.82, 2.24) is 15.5 Å². The Labute approximate surface area is 194 Å². The summed E-state index contributed by atoms with van der Waals surface area (Å²) >= 11 is 0. The van der Waals surface area contributed by atoms with E-state index >= 15 is 0 Å². The summed E-state index contributed by atoms with van der Waals surface area (Å²) in [5.41, 5.74) is 0.259. The van der Waals surface area contributed by atoms with Crippen LogP contribution in [0.15, 0.2) is 24.3 Å². The van der Waals surface area contributed by atoms with Crippen LogP contribution in [0.5, 0.6) is 0 Å². The normalized spacial score (nSPS) is 16.0. The van der Waals surface area contributed by atoms with Gasteiger partial charge in [0.25, 0.3) is 0 Å². The van der Waals surface area contributed by atoms with E-state index in [1.807, 2.05) is 4.72 Å². The Morgan fingerprint density at radius 3 is 2.21 bits per heavy atom. The highest BCUT2D eigenvalue weighted by Gasteiger charge is 2.31. The van der Waals surface area contributed by atoms with E-state index in [1.165, 1.54) is 19.2 Å². The molecule has 1 saturated heterocycles. The Kier molecular flexibility index (Phi) is 8.67. The number of amides is 3. The highest BCUT2D eigenvalue weighted by atomic mass is 32.2. The average molecular weight is 485 g/mol. The second-order valence-electron chi connectivity index (χ2n) is 8.90. The van der Waals surface area contributed by atoms with E-state index in [1.54, 1.807) is 37.8 Å². The molecule has 1 aliphatic rings. The van der Waals surface area contributed by atoms with Crippen LogP contribution < -0.4 is 15.4 Å². The first-order valence-electron chi connectivity index (χ1n) is 10.6. The van der Waals surface area contributed by atoms with Crippen LogP contribution in [0, 0.1) is 5.92 Å². The monoisotopic (exact) mass is 484 g/mol. The summed E-state index contributed by atoms with van der Waals surface area (Å²) in [6.45, 7) is 6.16. The van der Waals surface area contributed by atoms with Gasteiger partial charge in [0.15, 0.2) is 0 Å². The molecule has 1 unspecified atom stereocenters. The van der Waals surface area contributed by atoms with Crippen LogP contribution in [0.1, 0.15) is 39.2 Å². The molecule has 1 aliphatic heterocycles. The summed E-state index contributed by atoms with van der Waals surface area (Å²) in [6, 6.07) is 5.24. The largest absolute Gasteiger partial charge is 0.444 e. The van der Waals surface area contributed by atoms with Gasteiger partial charge < -0.3 is 20.3 Å². The van der Waals surface area contributed by atoms with Crippen molar-refractivity contribution in [3.63, 3.8) is 0 Å². The van der Waals surface area contributed by atoms with Gasteiger partial charge in [0.1, 0.15) is 11.6 Å². The van der Waals surface area contributed by atoms with Crippen LogP contribution in [0.25, 0.3) is 0 Å². The van der Waals surface area contributed by atoms with Crippen LogP contribution in [-0.4, -0.2) is 67.6 Å². The lowest BCUT2D eigenvalue weighted by Gasteiger charge is -2.33. The molecule has 0 radical (unpaired) electrons. The maximum Gasteiger partial charge on any atom is 0.410 e. The van der Waals surface area contributed by atoms with Gasteiger partial charge in [-0.1, -0.05) is 12.1 Å². The molecule has 0 bridgehead atoms. The molecule has 12 heteroatoms. The smallest absolute Gasteiger partial charge is 0.410 e. The van der Waals surface area contributed by atoms with Crippen LogP contribution in [0.2, 0.25) is 0 Å². The SMILES string of the molecule is CNC(=O)C(Cc1ccc(NS(=O)(=O)O)cc1)NC(=O)C1CCN(C(=O)OC(C)(C)C)CC1. The fraction of sp³-hybridized carbons (Fsp3) is 0.571. The zero-order valence-corrected chi connectivity index (χ0v) is 20.1. The topological polar surface area (TPSA) is 154 Å². The van der Waals surface area contributed by atoms with Gasteiger partial charge in [-0.2, -0.15) is 8.42 Å². The fourth-order valence-electron chi connectivity index (χ4n) is 3.42. The first-order chi connectivity index (χ1) is 15.3. The quantitative estimate of drug-likeness (QED) is 0.426. The van der Waals surface area contributed by atoms with E-state index in [0.29, 0.717) is 31.5 Å². The maximum atomic E-state index is 12.8. The summed E-state index contributed by atoms with van der Waals surface area (Å²) in [5.74, 6) is -0.969. The third-order valence-corrected chi connectivity index (χ3v) is 5.53. The lowest BCUT2D eigenvalue weighted by Crippen LogP contribution is -2.51. The molecule has 1 heterocycles. The number of rotatable bonds is 7. The van der Waals surface area contributed by atoms with Crippen molar-refractivity contribution in [3.05, 3.63) is 29.8 Å². The lowest BCUT2D eigenvalue weighted by molar-refractivity contribution is -0.131. The Bertz CT molecular complexity index is 950. The van der Waals surface area contributed by atoms with Crippen LogP contribution in [0.4, 0.5) is 10.5 Å².